The summed E-state index contributed by atoms with van der Waals surface area (Å²) in [4.78, 5) is 11.9. The molecule has 0 spiro atoms. The van der Waals surface area contributed by atoms with E-state index in [1.165, 1.54) is 28.9 Å². The lowest BCUT2D eigenvalue weighted by Crippen LogP contribution is -2.08. The van der Waals surface area contributed by atoms with Crippen molar-refractivity contribution in [3.63, 3.8) is 0 Å². The first kappa shape index (κ1) is 16.6. The number of thioether (sulfide) groups is 1. The molecule has 1 aliphatic carbocycles. The summed E-state index contributed by atoms with van der Waals surface area (Å²) in [5.41, 5.74) is 4.10. The molecule has 1 aliphatic rings. The number of rotatable bonds is 5. The molecule has 0 saturated carbocycles. The number of hydrogen-bond acceptors (Lipinski definition) is 7. The summed E-state index contributed by atoms with van der Waals surface area (Å²) in [5, 5.41) is 13.5. The molecule has 2 heterocycles. The second-order valence-corrected chi connectivity index (χ2v) is 8.72. The van der Waals surface area contributed by atoms with E-state index in [2.05, 4.69) is 35.4 Å². The Balaban J connectivity index is 1.60. The molecular weight excluding hydrogens is 354 g/mol. The highest BCUT2D eigenvalue weighted by Crippen LogP contribution is 2.33. The zero-order chi connectivity index (χ0) is 17.4. The molecule has 4 rings (SSSR count). The van der Waals surface area contributed by atoms with E-state index >= 15 is 0 Å². The molecule has 0 fully saturated rings. The molecule has 0 amide bonds. The molecule has 25 heavy (non-hydrogen) atoms. The Labute approximate surface area is 153 Å². The van der Waals surface area contributed by atoms with E-state index in [9.17, 15) is 4.79 Å². The second kappa shape index (κ2) is 6.80. The molecule has 1 N–H and O–H groups in total. The van der Waals surface area contributed by atoms with E-state index < -0.39 is 0 Å². The predicted molar refractivity (Wildman–Crippen MR) is 103 cm³/mol. The quantitative estimate of drug-likeness (QED) is 0.533. The van der Waals surface area contributed by atoms with Gasteiger partial charge in [0.15, 0.2) is 4.34 Å². The fourth-order valence-electron chi connectivity index (χ4n) is 3.13. The summed E-state index contributed by atoms with van der Waals surface area (Å²) in [6.07, 6.45) is 3.36. The fraction of sp³-hybridized carbons (Fsp3) is 0.389. The van der Waals surface area contributed by atoms with Gasteiger partial charge in [-0.25, -0.2) is 4.79 Å². The van der Waals surface area contributed by atoms with Crippen LogP contribution in [0.25, 0.3) is 11.0 Å². The first-order valence-electron chi connectivity index (χ1n) is 8.40. The van der Waals surface area contributed by atoms with Crippen LogP contribution in [-0.2, 0) is 18.6 Å². The molecule has 0 saturated heterocycles. The van der Waals surface area contributed by atoms with Gasteiger partial charge < -0.3 is 9.73 Å². The summed E-state index contributed by atoms with van der Waals surface area (Å²) >= 11 is 3.14. The minimum Gasteiger partial charge on any atom is -0.423 e. The van der Waals surface area contributed by atoms with Crippen LogP contribution in [-0.4, -0.2) is 16.2 Å². The van der Waals surface area contributed by atoms with Gasteiger partial charge in [-0.1, -0.05) is 23.1 Å². The van der Waals surface area contributed by atoms with E-state index in [1.54, 1.807) is 17.8 Å². The van der Waals surface area contributed by atoms with Crippen LogP contribution in [0.2, 0.25) is 0 Å². The van der Waals surface area contributed by atoms with Gasteiger partial charge in [0.2, 0.25) is 5.13 Å². The Hall–Kier alpha value is -1.86. The lowest BCUT2D eigenvalue weighted by Gasteiger charge is -2.07. The highest BCUT2D eigenvalue weighted by Gasteiger charge is 2.16. The lowest BCUT2D eigenvalue weighted by molar-refractivity contribution is 0.559. The normalized spacial score (nSPS) is 13.6. The van der Waals surface area contributed by atoms with Crippen LogP contribution in [0.4, 0.5) is 5.13 Å². The zero-order valence-corrected chi connectivity index (χ0v) is 15.8. The summed E-state index contributed by atoms with van der Waals surface area (Å²) in [7, 11) is 0. The van der Waals surface area contributed by atoms with Crippen molar-refractivity contribution in [2.45, 2.75) is 49.2 Å². The Morgan fingerprint density at radius 1 is 1.24 bits per heavy atom. The van der Waals surface area contributed by atoms with Crippen molar-refractivity contribution in [3.05, 3.63) is 45.3 Å². The van der Waals surface area contributed by atoms with Gasteiger partial charge in [0, 0.05) is 23.2 Å². The molecule has 130 valence electrons. The molecule has 1 aromatic carbocycles. The van der Waals surface area contributed by atoms with Gasteiger partial charge in [-0.05, 0) is 61.9 Å². The molecule has 0 radical (unpaired) electrons. The minimum atomic E-state index is -0.291. The first-order chi connectivity index (χ1) is 12.1. The zero-order valence-electron chi connectivity index (χ0n) is 14.2. The molecule has 0 unspecified atom stereocenters. The number of aryl methyl sites for hydroxylation is 2. The topological polar surface area (TPSA) is 68.0 Å². The number of nitrogens with zero attached hydrogens (tertiary/aromatic N) is 2. The highest BCUT2D eigenvalue weighted by molar-refractivity contribution is 8.00. The third-order valence-electron chi connectivity index (χ3n) is 4.21. The van der Waals surface area contributed by atoms with Crippen LogP contribution >= 0.6 is 23.1 Å². The van der Waals surface area contributed by atoms with Gasteiger partial charge >= 0.3 is 5.63 Å². The second-order valence-electron chi connectivity index (χ2n) is 6.52. The predicted octanol–water partition coefficient (Wildman–Crippen LogP) is 4.25. The van der Waals surface area contributed by atoms with Crippen LogP contribution < -0.4 is 10.9 Å². The number of nitrogens with one attached hydrogen (secondary N) is 1. The molecular formula is C18H19N3O2S2. The summed E-state index contributed by atoms with van der Waals surface area (Å²) in [6.45, 7) is 4.14. The molecule has 7 heteroatoms. The van der Waals surface area contributed by atoms with Crippen LogP contribution in [0.1, 0.15) is 37.0 Å². The van der Waals surface area contributed by atoms with Gasteiger partial charge in [0.05, 0.1) is 0 Å². The van der Waals surface area contributed by atoms with E-state index in [4.69, 9.17) is 4.42 Å². The third kappa shape index (κ3) is 3.57. The van der Waals surface area contributed by atoms with Crippen molar-refractivity contribution in [1.82, 2.24) is 10.2 Å². The smallest absolute Gasteiger partial charge is 0.336 e. The average molecular weight is 374 g/mol. The van der Waals surface area contributed by atoms with E-state index in [0.717, 1.165) is 33.3 Å². The van der Waals surface area contributed by atoms with Crippen molar-refractivity contribution in [2.24, 2.45) is 0 Å². The van der Waals surface area contributed by atoms with E-state index in [1.807, 2.05) is 6.07 Å². The van der Waals surface area contributed by atoms with Crippen LogP contribution in [0.3, 0.4) is 0 Å². The van der Waals surface area contributed by atoms with Crippen molar-refractivity contribution in [1.29, 1.82) is 0 Å². The SMILES string of the molecule is CC(C)Nc1nnc(SCc2cc(=O)oc3cc4c(cc23)CCC4)s1. The minimum absolute atomic E-state index is 0.291. The van der Waals surface area contributed by atoms with Crippen LogP contribution in [0.15, 0.2) is 31.8 Å². The number of benzene rings is 1. The lowest BCUT2D eigenvalue weighted by atomic mass is 10.0. The number of hydrogen-bond donors (Lipinski definition) is 1. The van der Waals surface area contributed by atoms with Gasteiger partial charge in [0.1, 0.15) is 5.58 Å². The van der Waals surface area contributed by atoms with Crippen LogP contribution in [0, 0.1) is 0 Å². The maximum absolute atomic E-state index is 11.9. The Kier molecular flexibility index (Phi) is 4.52. The van der Waals surface area contributed by atoms with Crippen molar-refractivity contribution >= 4 is 39.2 Å². The Bertz CT molecular complexity index is 978. The monoisotopic (exact) mass is 373 g/mol. The van der Waals surface area contributed by atoms with Crippen molar-refractivity contribution in [3.8, 4) is 0 Å². The number of fused-ring (bicyclic) bond motifs is 2. The summed E-state index contributed by atoms with van der Waals surface area (Å²) in [5.74, 6) is 0.678. The largest absolute Gasteiger partial charge is 0.423 e. The summed E-state index contributed by atoms with van der Waals surface area (Å²) in [6, 6.07) is 6.17. The Morgan fingerprint density at radius 3 is 2.84 bits per heavy atom. The standard InChI is InChI=1S/C18H19N3O2S2/c1-10(2)19-17-20-21-18(25-17)24-9-13-8-16(22)23-15-7-12-5-3-4-11(12)6-14(13)15/h6-8,10H,3-5,9H2,1-2H3,(H,19,20). The van der Waals surface area contributed by atoms with Gasteiger partial charge in [0.25, 0.3) is 0 Å². The number of anilines is 1. The maximum atomic E-state index is 11.9. The summed E-state index contributed by atoms with van der Waals surface area (Å²) < 4.78 is 6.32. The Morgan fingerprint density at radius 2 is 2.04 bits per heavy atom. The molecule has 0 bridgehead atoms. The third-order valence-corrected chi connectivity index (χ3v) is 6.25. The van der Waals surface area contributed by atoms with Gasteiger partial charge in [-0.2, -0.15) is 0 Å². The fourth-order valence-corrected chi connectivity index (χ4v) is 5.02. The molecule has 0 atom stereocenters. The molecule has 3 aromatic rings. The molecule has 2 aromatic heterocycles. The van der Waals surface area contributed by atoms with Crippen molar-refractivity contribution < 1.29 is 4.42 Å². The maximum Gasteiger partial charge on any atom is 0.336 e. The average Bonchev–Trinajstić information content (AvgIpc) is 3.18. The van der Waals surface area contributed by atoms with Gasteiger partial charge in [-0.3, -0.25) is 0 Å². The van der Waals surface area contributed by atoms with Gasteiger partial charge in [-0.15, -0.1) is 10.2 Å². The highest BCUT2D eigenvalue weighted by atomic mass is 32.2. The van der Waals surface area contributed by atoms with E-state index in [-0.39, 0.29) is 5.63 Å². The van der Waals surface area contributed by atoms with Crippen molar-refractivity contribution in [2.75, 3.05) is 5.32 Å². The molecule has 0 aliphatic heterocycles. The molecule has 5 nitrogen and oxygen atoms in total. The van der Waals surface area contributed by atoms with Crippen LogP contribution in [0.5, 0.6) is 0 Å². The van der Waals surface area contributed by atoms with E-state index in [0.29, 0.717) is 17.4 Å². The first-order valence-corrected chi connectivity index (χ1v) is 10.2. The number of aromatic nitrogens is 2.